The van der Waals surface area contributed by atoms with Crippen molar-refractivity contribution in [2.45, 2.75) is 96.9 Å². The molecule has 2 aromatic carbocycles. The smallest absolute Gasteiger partial charge is 0.408 e. The lowest BCUT2D eigenvalue weighted by Crippen LogP contribution is -2.54. The van der Waals surface area contributed by atoms with Crippen LogP contribution in [-0.4, -0.2) is 47.0 Å². The molecule has 1 saturated carbocycles. The van der Waals surface area contributed by atoms with Crippen LogP contribution in [0, 0.1) is 6.92 Å². The molecule has 0 aliphatic heterocycles. The Morgan fingerprint density at radius 3 is 2.34 bits per heavy atom. The third-order valence-electron chi connectivity index (χ3n) is 6.43. The van der Waals surface area contributed by atoms with Gasteiger partial charge in [0.15, 0.2) is 0 Å². The minimum atomic E-state index is -0.881. The van der Waals surface area contributed by atoms with Crippen LogP contribution in [0.1, 0.15) is 82.5 Å². The van der Waals surface area contributed by atoms with Gasteiger partial charge < -0.3 is 20.3 Å². The average Bonchev–Trinajstić information content (AvgIpc) is 3.69. The highest BCUT2D eigenvalue weighted by Crippen LogP contribution is 2.36. The Kier molecular flexibility index (Phi) is 10.3. The molecule has 3 rings (SSSR count). The molecule has 7 heteroatoms. The van der Waals surface area contributed by atoms with Crippen molar-refractivity contribution in [3.8, 4) is 0 Å². The SMILES string of the molecule is CCCCCNC(=O)C(c1cccc(C)c1)N(C(=O)C(Cc1ccccc1)NC(=O)OC(C)(C)C)C1CC1. The van der Waals surface area contributed by atoms with Gasteiger partial charge in [-0.1, -0.05) is 79.9 Å². The molecular formula is C31H43N3O4. The van der Waals surface area contributed by atoms with E-state index in [1.807, 2.05) is 61.5 Å². The predicted octanol–water partition coefficient (Wildman–Crippen LogP) is 5.47. The van der Waals surface area contributed by atoms with Gasteiger partial charge in [0.05, 0.1) is 0 Å². The molecule has 2 atom stereocenters. The van der Waals surface area contributed by atoms with Gasteiger partial charge >= 0.3 is 6.09 Å². The van der Waals surface area contributed by atoms with E-state index in [1.165, 1.54) is 0 Å². The number of alkyl carbamates (subject to hydrolysis) is 1. The third kappa shape index (κ3) is 8.89. The van der Waals surface area contributed by atoms with E-state index in [0.29, 0.717) is 13.0 Å². The maximum Gasteiger partial charge on any atom is 0.408 e. The summed E-state index contributed by atoms with van der Waals surface area (Å²) in [6.45, 7) is 10.0. The summed E-state index contributed by atoms with van der Waals surface area (Å²) in [5.41, 5.74) is 1.99. The van der Waals surface area contributed by atoms with Gasteiger partial charge in [-0.2, -0.15) is 0 Å². The number of nitrogens with zero attached hydrogens (tertiary/aromatic N) is 1. The normalized spacial score (nSPS) is 14.8. The second kappa shape index (κ2) is 13.4. The van der Waals surface area contributed by atoms with E-state index >= 15 is 0 Å². The molecule has 2 N–H and O–H groups in total. The molecule has 1 fully saturated rings. The predicted molar refractivity (Wildman–Crippen MR) is 150 cm³/mol. The Bertz CT molecular complexity index is 1080. The van der Waals surface area contributed by atoms with Gasteiger partial charge in [-0.3, -0.25) is 9.59 Å². The molecule has 0 saturated heterocycles. The van der Waals surface area contributed by atoms with Crippen LogP contribution >= 0.6 is 0 Å². The number of nitrogens with one attached hydrogen (secondary N) is 2. The lowest BCUT2D eigenvalue weighted by Gasteiger charge is -2.35. The molecule has 0 heterocycles. The highest BCUT2D eigenvalue weighted by molar-refractivity contribution is 5.92. The molecule has 0 radical (unpaired) electrons. The first-order chi connectivity index (χ1) is 18.1. The van der Waals surface area contributed by atoms with E-state index in [9.17, 15) is 14.4 Å². The zero-order chi connectivity index (χ0) is 27.7. The Labute approximate surface area is 227 Å². The van der Waals surface area contributed by atoms with E-state index in [1.54, 1.807) is 25.7 Å². The highest BCUT2D eigenvalue weighted by atomic mass is 16.6. The fourth-order valence-corrected chi connectivity index (χ4v) is 4.51. The highest BCUT2D eigenvalue weighted by Gasteiger charge is 2.44. The Hall–Kier alpha value is -3.35. The zero-order valence-electron chi connectivity index (χ0n) is 23.5. The van der Waals surface area contributed by atoms with E-state index in [-0.39, 0.29) is 17.9 Å². The number of benzene rings is 2. The van der Waals surface area contributed by atoms with Crippen LogP contribution in [0.3, 0.4) is 0 Å². The molecule has 1 aliphatic carbocycles. The summed E-state index contributed by atoms with van der Waals surface area (Å²) in [7, 11) is 0. The first-order valence-corrected chi connectivity index (χ1v) is 13.8. The number of amides is 3. The Morgan fingerprint density at radius 2 is 1.74 bits per heavy atom. The quantitative estimate of drug-likeness (QED) is 0.363. The van der Waals surface area contributed by atoms with Crippen molar-refractivity contribution in [2.75, 3.05) is 6.54 Å². The third-order valence-corrected chi connectivity index (χ3v) is 6.43. The number of rotatable bonds is 12. The van der Waals surface area contributed by atoms with Gasteiger partial charge in [0.25, 0.3) is 0 Å². The number of carbonyl (C=O) groups is 3. The minimum Gasteiger partial charge on any atom is -0.444 e. The summed E-state index contributed by atoms with van der Waals surface area (Å²) in [5, 5.41) is 5.89. The van der Waals surface area contributed by atoms with Gasteiger partial charge in [0.2, 0.25) is 11.8 Å². The average molecular weight is 522 g/mol. The van der Waals surface area contributed by atoms with Gasteiger partial charge in [-0.15, -0.1) is 0 Å². The number of unbranched alkanes of at least 4 members (excludes halogenated alkanes) is 2. The summed E-state index contributed by atoms with van der Waals surface area (Å²) in [4.78, 5) is 42.5. The second-order valence-electron chi connectivity index (χ2n) is 11.2. The van der Waals surface area contributed by atoms with Gasteiger partial charge in [-0.25, -0.2) is 4.79 Å². The van der Waals surface area contributed by atoms with E-state index in [4.69, 9.17) is 4.74 Å². The van der Waals surface area contributed by atoms with Crippen molar-refractivity contribution in [3.63, 3.8) is 0 Å². The monoisotopic (exact) mass is 521 g/mol. The number of aryl methyl sites for hydroxylation is 1. The first-order valence-electron chi connectivity index (χ1n) is 13.8. The molecule has 1 aliphatic rings. The molecule has 206 valence electrons. The zero-order valence-corrected chi connectivity index (χ0v) is 23.5. The fourth-order valence-electron chi connectivity index (χ4n) is 4.51. The van der Waals surface area contributed by atoms with Crippen LogP contribution in [0.2, 0.25) is 0 Å². The molecule has 3 amide bonds. The van der Waals surface area contributed by atoms with E-state index in [2.05, 4.69) is 17.6 Å². The van der Waals surface area contributed by atoms with Crippen molar-refractivity contribution in [1.29, 1.82) is 0 Å². The van der Waals surface area contributed by atoms with Crippen LogP contribution in [0.4, 0.5) is 4.79 Å². The van der Waals surface area contributed by atoms with Crippen molar-refractivity contribution in [1.82, 2.24) is 15.5 Å². The van der Waals surface area contributed by atoms with Gasteiger partial charge in [0.1, 0.15) is 17.7 Å². The van der Waals surface area contributed by atoms with Crippen molar-refractivity contribution < 1.29 is 19.1 Å². The Morgan fingerprint density at radius 1 is 1.03 bits per heavy atom. The molecule has 0 aromatic heterocycles. The maximum atomic E-state index is 14.3. The van der Waals surface area contributed by atoms with E-state index < -0.39 is 23.8 Å². The standard InChI is InChI=1S/C31H43N3O4/c1-6-7-11-19-32-28(35)27(24-16-12-13-22(2)20-24)34(25-17-18-25)29(36)26(21-23-14-9-8-10-15-23)33-30(37)38-31(3,4)5/h8-10,12-16,20,25-27H,6-7,11,17-19,21H2,1-5H3,(H,32,35)(H,33,37). The van der Waals surface area contributed by atoms with Crippen LogP contribution in [-0.2, 0) is 20.7 Å². The summed E-state index contributed by atoms with van der Waals surface area (Å²) in [5.74, 6) is -0.472. The molecule has 38 heavy (non-hydrogen) atoms. The molecule has 0 spiro atoms. The first kappa shape index (κ1) is 29.2. The maximum absolute atomic E-state index is 14.3. The number of hydrogen-bond acceptors (Lipinski definition) is 4. The minimum absolute atomic E-state index is 0.0619. The summed E-state index contributed by atoms with van der Waals surface area (Å²) >= 11 is 0. The second-order valence-corrected chi connectivity index (χ2v) is 11.2. The molecule has 7 nitrogen and oxygen atoms in total. The van der Waals surface area contributed by atoms with E-state index in [0.717, 1.165) is 48.8 Å². The topological polar surface area (TPSA) is 87.7 Å². The molecule has 2 unspecified atom stereocenters. The molecular weight excluding hydrogens is 478 g/mol. The fraction of sp³-hybridized carbons (Fsp3) is 0.516. The van der Waals surface area contributed by atoms with Crippen molar-refractivity contribution in [2.24, 2.45) is 0 Å². The van der Waals surface area contributed by atoms with Crippen molar-refractivity contribution >= 4 is 17.9 Å². The van der Waals surface area contributed by atoms with Crippen LogP contribution in [0.25, 0.3) is 0 Å². The van der Waals surface area contributed by atoms with Gasteiger partial charge in [-0.05, 0) is 58.1 Å². The van der Waals surface area contributed by atoms with Gasteiger partial charge in [0, 0.05) is 19.0 Å². The number of carbonyl (C=O) groups excluding carboxylic acids is 3. The summed E-state index contributed by atoms with van der Waals surface area (Å²) in [6, 6.07) is 15.6. The van der Waals surface area contributed by atoms with Crippen LogP contribution < -0.4 is 10.6 Å². The number of hydrogen-bond donors (Lipinski definition) is 2. The lowest BCUT2D eigenvalue weighted by molar-refractivity contribution is -0.143. The van der Waals surface area contributed by atoms with Crippen LogP contribution in [0.15, 0.2) is 54.6 Å². The van der Waals surface area contributed by atoms with Crippen molar-refractivity contribution in [3.05, 3.63) is 71.3 Å². The van der Waals surface area contributed by atoms with Crippen LogP contribution in [0.5, 0.6) is 0 Å². The molecule has 0 bridgehead atoms. The number of ether oxygens (including phenoxy) is 1. The summed E-state index contributed by atoms with van der Waals surface area (Å²) in [6.07, 6.45) is 4.25. The largest absolute Gasteiger partial charge is 0.444 e. The molecule has 2 aromatic rings. The lowest BCUT2D eigenvalue weighted by atomic mass is 9.99. The Balaban J connectivity index is 1.95. The summed E-state index contributed by atoms with van der Waals surface area (Å²) < 4.78 is 5.50.